The van der Waals surface area contributed by atoms with Crippen molar-refractivity contribution in [3.05, 3.63) is 42.1 Å². The second-order valence-electron chi connectivity index (χ2n) is 5.89. The topological polar surface area (TPSA) is 29.0 Å². The molecule has 0 radical (unpaired) electrons. The first-order valence-electron chi connectivity index (χ1n) is 8.34. The van der Waals surface area contributed by atoms with Gasteiger partial charge >= 0.3 is 0 Å². The van der Waals surface area contributed by atoms with Gasteiger partial charge in [-0.3, -0.25) is 0 Å². The second-order valence-corrected chi connectivity index (χ2v) is 8.67. The molecule has 1 aliphatic heterocycles. The van der Waals surface area contributed by atoms with Crippen molar-refractivity contribution in [2.24, 2.45) is 0 Å². The Hall–Kier alpha value is -0.820. The lowest BCUT2D eigenvalue weighted by Crippen LogP contribution is -2.25. The third-order valence-electron chi connectivity index (χ3n) is 3.89. The van der Waals surface area contributed by atoms with Gasteiger partial charge in [-0.15, -0.1) is 23.5 Å². The highest BCUT2D eigenvalue weighted by Gasteiger charge is 2.17. The number of aromatic nitrogens is 2. The molecule has 1 aromatic heterocycles. The van der Waals surface area contributed by atoms with Crippen LogP contribution in [-0.4, -0.2) is 45.3 Å². The van der Waals surface area contributed by atoms with Gasteiger partial charge in [-0.05, 0) is 55.5 Å². The quantitative estimate of drug-likeness (QED) is 0.481. The minimum atomic E-state index is 0.993. The number of thioether (sulfide) groups is 2. The molecule has 3 rings (SSSR count). The summed E-state index contributed by atoms with van der Waals surface area (Å²) in [4.78, 5) is 3.72. The van der Waals surface area contributed by atoms with Crippen molar-refractivity contribution in [2.75, 3.05) is 31.6 Å². The van der Waals surface area contributed by atoms with E-state index in [9.17, 15) is 0 Å². The smallest absolute Gasteiger partial charge is 0.138 e. The van der Waals surface area contributed by atoms with Crippen LogP contribution in [0.15, 0.2) is 46.3 Å². The van der Waals surface area contributed by atoms with Crippen molar-refractivity contribution in [2.45, 2.75) is 29.2 Å². The average molecular weight is 378 g/mol. The van der Waals surface area contributed by atoms with Crippen LogP contribution in [0, 0.1) is 0 Å². The number of benzene rings is 1. The van der Waals surface area contributed by atoms with Crippen molar-refractivity contribution in [1.82, 2.24) is 13.6 Å². The maximum absolute atomic E-state index is 4.54. The molecule has 2 aromatic rings. The Morgan fingerprint density at radius 1 is 1.08 bits per heavy atom. The molecule has 0 N–H and O–H groups in total. The van der Waals surface area contributed by atoms with E-state index in [1.54, 1.807) is 0 Å². The summed E-state index contributed by atoms with van der Waals surface area (Å²) in [7, 11) is 2.17. The molecule has 6 heteroatoms. The summed E-state index contributed by atoms with van der Waals surface area (Å²) in [6.07, 6.45) is 5.91. The zero-order chi connectivity index (χ0) is 16.6. The fourth-order valence-electron chi connectivity index (χ4n) is 2.62. The number of likely N-dealkylation sites (N-methyl/N-ethyl adjacent to an activating group) is 1. The van der Waals surface area contributed by atoms with Crippen LogP contribution < -0.4 is 0 Å². The van der Waals surface area contributed by atoms with E-state index >= 15 is 0 Å². The highest BCUT2D eigenvalue weighted by atomic mass is 32.2. The normalized spacial score (nSPS) is 15.5. The molecule has 24 heavy (non-hydrogen) atoms. The molecule has 0 bridgehead atoms. The van der Waals surface area contributed by atoms with E-state index in [2.05, 4.69) is 57.1 Å². The van der Waals surface area contributed by atoms with Gasteiger partial charge in [0.1, 0.15) is 10.7 Å². The van der Waals surface area contributed by atoms with Crippen molar-refractivity contribution in [3.8, 4) is 0 Å². The maximum atomic E-state index is 4.54. The van der Waals surface area contributed by atoms with E-state index in [1.165, 1.54) is 40.8 Å². The molecule has 1 aromatic carbocycles. The highest BCUT2D eigenvalue weighted by molar-refractivity contribution is 7.99. The largest absolute Gasteiger partial charge is 0.302 e. The molecular weight excluding hydrogens is 354 g/mol. The Bertz CT molecular complexity index is 655. The van der Waals surface area contributed by atoms with Gasteiger partial charge in [0.2, 0.25) is 0 Å². The van der Waals surface area contributed by atoms with Gasteiger partial charge in [-0.25, -0.2) is 0 Å². The predicted octanol–water partition coefficient (Wildman–Crippen LogP) is 4.92. The number of rotatable bonds is 8. The first-order valence-corrected chi connectivity index (χ1v) is 11.0. The van der Waals surface area contributed by atoms with Gasteiger partial charge in [-0.1, -0.05) is 24.3 Å². The maximum Gasteiger partial charge on any atom is 0.138 e. The molecule has 1 aliphatic rings. The van der Waals surface area contributed by atoms with Crippen LogP contribution in [0.5, 0.6) is 0 Å². The summed E-state index contributed by atoms with van der Waals surface area (Å²) < 4.78 is 9.05. The van der Waals surface area contributed by atoms with Crippen LogP contribution in [0.3, 0.4) is 0 Å². The molecule has 0 aliphatic carbocycles. The lowest BCUT2D eigenvalue weighted by Gasteiger charge is -2.22. The van der Waals surface area contributed by atoms with Crippen LogP contribution in [-0.2, 0) is 0 Å². The molecule has 2 heterocycles. The summed E-state index contributed by atoms with van der Waals surface area (Å²) in [6.45, 7) is 2.13. The van der Waals surface area contributed by atoms with Crippen molar-refractivity contribution in [3.63, 3.8) is 0 Å². The van der Waals surface area contributed by atoms with E-state index in [4.69, 9.17) is 0 Å². The number of unbranched alkanes of at least 4 members (excludes halogenated alkanes) is 1. The summed E-state index contributed by atoms with van der Waals surface area (Å²) in [5.41, 5.74) is 2.47. The van der Waals surface area contributed by atoms with Crippen LogP contribution in [0.2, 0.25) is 0 Å². The zero-order valence-electron chi connectivity index (χ0n) is 14.0. The van der Waals surface area contributed by atoms with Crippen LogP contribution in [0.4, 0.5) is 0 Å². The standard InChI is InChI=1S/C18H23N3S3/c1-21-11-7-8-15(14-21)17-18(20-24-19-17)23-13-6-5-12-22-16-9-3-2-4-10-16/h2-4,8-10H,5-7,11-14H2,1H3. The molecule has 0 atom stereocenters. The molecule has 0 saturated carbocycles. The summed E-state index contributed by atoms with van der Waals surface area (Å²) in [6, 6.07) is 10.6. The van der Waals surface area contributed by atoms with Crippen molar-refractivity contribution >= 4 is 40.8 Å². The Kier molecular flexibility index (Phi) is 7.20. The average Bonchev–Trinajstić information content (AvgIpc) is 3.07. The number of hydrogen-bond donors (Lipinski definition) is 0. The third kappa shape index (κ3) is 5.34. The van der Waals surface area contributed by atoms with E-state index in [1.807, 2.05) is 23.5 Å². The van der Waals surface area contributed by atoms with Crippen LogP contribution >= 0.6 is 35.3 Å². The predicted molar refractivity (Wildman–Crippen MR) is 107 cm³/mol. The molecule has 0 unspecified atom stereocenters. The molecule has 3 nitrogen and oxygen atoms in total. The van der Waals surface area contributed by atoms with Gasteiger partial charge in [0.15, 0.2) is 0 Å². The van der Waals surface area contributed by atoms with Crippen LogP contribution in [0.25, 0.3) is 5.57 Å². The SMILES string of the molecule is CN1CCC=C(c2nsnc2SCCCCSc2ccccc2)C1. The summed E-state index contributed by atoms with van der Waals surface area (Å²) in [5, 5.41) is 1.12. The van der Waals surface area contributed by atoms with E-state index in [0.29, 0.717) is 0 Å². The van der Waals surface area contributed by atoms with E-state index in [0.717, 1.165) is 36.0 Å². The first kappa shape index (κ1) is 18.0. The van der Waals surface area contributed by atoms with Gasteiger partial charge in [0, 0.05) is 18.0 Å². The Morgan fingerprint density at radius 2 is 1.88 bits per heavy atom. The first-order chi connectivity index (χ1) is 11.8. The molecule has 128 valence electrons. The lowest BCUT2D eigenvalue weighted by molar-refractivity contribution is 0.372. The fraction of sp³-hybridized carbons (Fsp3) is 0.444. The molecule has 0 fully saturated rings. The minimum absolute atomic E-state index is 0.993. The molecular formula is C18H23N3S3. The monoisotopic (exact) mass is 377 g/mol. The summed E-state index contributed by atoms with van der Waals surface area (Å²) >= 11 is 5.15. The van der Waals surface area contributed by atoms with Crippen LogP contribution in [0.1, 0.15) is 25.0 Å². The number of hydrogen-bond acceptors (Lipinski definition) is 6. The summed E-state index contributed by atoms with van der Waals surface area (Å²) in [5.74, 6) is 2.31. The van der Waals surface area contributed by atoms with E-state index in [-0.39, 0.29) is 0 Å². The Morgan fingerprint density at radius 3 is 2.67 bits per heavy atom. The minimum Gasteiger partial charge on any atom is -0.302 e. The molecule has 0 saturated heterocycles. The fourth-order valence-corrected chi connectivity index (χ4v) is 5.26. The molecule has 0 spiro atoms. The zero-order valence-corrected chi connectivity index (χ0v) is 16.4. The Labute approximate surface area is 157 Å². The lowest BCUT2D eigenvalue weighted by atomic mass is 10.1. The Balaban J connectivity index is 1.40. The number of nitrogens with zero attached hydrogens (tertiary/aromatic N) is 3. The molecule has 0 amide bonds. The van der Waals surface area contributed by atoms with Gasteiger partial charge in [-0.2, -0.15) is 8.75 Å². The highest BCUT2D eigenvalue weighted by Crippen LogP contribution is 2.29. The van der Waals surface area contributed by atoms with Crippen molar-refractivity contribution < 1.29 is 0 Å². The van der Waals surface area contributed by atoms with Gasteiger partial charge in [0.25, 0.3) is 0 Å². The van der Waals surface area contributed by atoms with Crippen molar-refractivity contribution in [1.29, 1.82) is 0 Å². The third-order valence-corrected chi connectivity index (χ3v) is 6.69. The van der Waals surface area contributed by atoms with E-state index < -0.39 is 0 Å². The second kappa shape index (κ2) is 9.61. The van der Waals surface area contributed by atoms with Gasteiger partial charge < -0.3 is 4.90 Å². The van der Waals surface area contributed by atoms with Gasteiger partial charge in [0.05, 0.1) is 11.7 Å².